The zero-order valence-electron chi connectivity index (χ0n) is 12.2. The SMILES string of the molecule is COc1ccc(C(N)c2ccccc2SC)c(OC)c1Br. The van der Waals surface area contributed by atoms with Gasteiger partial charge in [0.1, 0.15) is 16.0 Å². The minimum Gasteiger partial charge on any atom is -0.495 e. The molecule has 0 radical (unpaired) electrons. The highest BCUT2D eigenvalue weighted by Gasteiger charge is 2.20. The molecule has 2 rings (SSSR count). The summed E-state index contributed by atoms with van der Waals surface area (Å²) in [5, 5.41) is 0. The summed E-state index contributed by atoms with van der Waals surface area (Å²) >= 11 is 5.20. The van der Waals surface area contributed by atoms with Crippen molar-refractivity contribution in [3.05, 3.63) is 52.0 Å². The molecule has 0 bridgehead atoms. The maximum atomic E-state index is 6.47. The molecule has 0 heterocycles. The largest absolute Gasteiger partial charge is 0.495 e. The standard InChI is InChI=1S/C16H18BrNO2S/c1-19-12-9-8-11(16(20-2)14(12)17)15(18)10-6-4-5-7-13(10)21-3/h4-9,15H,18H2,1-3H3. The van der Waals surface area contributed by atoms with Crippen molar-refractivity contribution in [2.75, 3.05) is 20.5 Å². The van der Waals surface area contributed by atoms with Crippen LogP contribution in [0.15, 0.2) is 45.8 Å². The van der Waals surface area contributed by atoms with Crippen LogP contribution in [-0.4, -0.2) is 20.5 Å². The molecular formula is C16H18BrNO2S. The van der Waals surface area contributed by atoms with Gasteiger partial charge in [-0.2, -0.15) is 0 Å². The van der Waals surface area contributed by atoms with E-state index >= 15 is 0 Å². The summed E-state index contributed by atoms with van der Waals surface area (Å²) in [6.07, 6.45) is 2.05. The van der Waals surface area contributed by atoms with Crippen LogP contribution in [0.4, 0.5) is 0 Å². The lowest BCUT2D eigenvalue weighted by Crippen LogP contribution is -2.14. The Kier molecular flexibility index (Phi) is 5.56. The van der Waals surface area contributed by atoms with E-state index in [0.717, 1.165) is 21.3 Å². The molecule has 0 aliphatic carbocycles. The zero-order chi connectivity index (χ0) is 15.4. The third kappa shape index (κ3) is 3.20. The van der Waals surface area contributed by atoms with Crippen LogP contribution in [0.25, 0.3) is 0 Å². The van der Waals surface area contributed by atoms with Crippen molar-refractivity contribution >= 4 is 27.7 Å². The molecule has 2 aromatic rings. The molecular weight excluding hydrogens is 350 g/mol. The lowest BCUT2D eigenvalue weighted by Gasteiger charge is -2.20. The molecule has 2 aromatic carbocycles. The van der Waals surface area contributed by atoms with Gasteiger partial charge < -0.3 is 15.2 Å². The summed E-state index contributed by atoms with van der Waals surface area (Å²) in [7, 11) is 3.26. The van der Waals surface area contributed by atoms with E-state index in [0.29, 0.717) is 5.75 Å². The molecule has 0 aliphatic heterocycles. The Balaban J connectivity index is 2.53. The molecule has 0 aromatic heterocycles. The molecule has 5 heteroatoms. The Morgan fingerprint density at radius 1 is 1.05 bits per heavy atom. The smallest absolute Gasteiger partial charge is 0.141 e. The van der Waals surface area contributed by atoms with Gasteiger partial charge in [0.15, 0.2) is 0 Å². The van der Waals surface area contributed by atoms with Crippen molar-refractivity contribution in [3.8, 4) is 11.5 Å². The van der Waals surface area contributed by atoms with Crippen LogP contribution in [0.3, 0.4) is 0 Å². The number of ether oxygens (including phenoxy) is 2. The fourth-order valence-electron chi connectivity index (χ4n) is 2.25. The first-order valence-electron chi connectivity index (χ1n) is 6.42. The zero-order valence-corrected chi connectivity index (χ0v) is 14.6. The van der Waals surface area contributed by atoms with Crippen LogP contribution in [0, 0.1) is 0 Å². The first kappa shape index (κ1) is 16.2. The molecule has 0 saturated carbocycles. The first-order chi connectivity index (χ1) is 10.1. The number of hydrogen-bond donors (Lipinski definition) is 1. The lowest BCUT2D eigenvalue weighted by molar-refractivity contribution is 0.385. The average Bonchev–Trinajstić information content (AvgIpc) is 2.53. The van der Waals surface area contributed by atoms with Gasteiger partial charge >= 0.3 is 0 Å². The highest BCUT2D eigenvalue weighted by atomic mass is 79.9. The second kappa shape index (κ2) is 7.20. The minimum absolute atomic E-state index is 0.259. The van der Waals surface area contributed by atoms with Gasteiger partial charge in [-0.3, -0.25) is 0 Å². The maximum absolute atomic E-state index is 6.47. The molecule has 0 aliphatic rings. The van der Waals surface area contributed by atoms with E-state index in [-0.39, 0.29) is 6.04 Å². The van der Waals surface area contributed by atoms with Gasteiger partial charge in [0.2, 0.25) is 0 Å². The van der Waals surface area contributed by atoms with Crippen LogP contribution in [0.5, 0.6) is 11.5 Å². The van der Waals surface area contributed by atoms with Crippen molar-refractivity contribution in [3.63, 3.8) is 0 Å². The van der Waals surface area contributed by atoms with Crippen LogP contribution in [0.1, 0.15) is 17.2 Å². The van der Waals surface area contributed by atoms with Gasteiger partial charge in [-0.15, -0.1) is 11.8 Å². The van der Waals surface area contributed by atoms with Gasteiger partial charge in [-0.1, -0.05) is 18.2 Å². The summed E-state index contributed by atoms with van der Waals surface area (Å²) in [6, 6.07) is 11.7. The maximum Gasteiger partial charge on any atom is 0.141 e. The highest BCUT2D eigenvalue weighted by molar-refractivity contribution is 9.10. The Morgan fingerprint density at radius 3 is 2.38 bits per heavy atom. The van der Waals surface area contributed by atoms with E-state index in [1.54, 1.807) is 26.0 Å². The third-order valence-electron chi connectivity index (χ3n) is 3.33. The molecule has 3 nitrogen and oxygen atoms in total. The number of hydrogen-bond acceptors (Lipinski definition) is 4. The van der Waals surface area contributed by atoms with Crippen molar-refractivity contribution < 1.29 is 9.47 Å². The second-order valence-electron chi connectivity index (χ2n) is 4.42. The van der Waals surface area contributed by atoms with E-state index in [4.69, 9.17) is 15.2 Å². The summed E-state index contributed by atoms with van der Waals surface area (Å²) < 4.78 is 11.6. The average molecular weight is 368 g/mol. The topological polar surface area (TPSA) is 44.5 Å². The number of thioether (sulfide) groups is 1. The van der Waals surface area contributed by atoms with E-state index in [9.17, 15) is 0 Å². The third-order valence-corrected chi connectivity index (χ3v) is 4.89. The predicted octanol–water partition coefficient (Wildman–Crippen LogP) is 4.24. The number of halogens is 1. The Morgan fingerprint density at radius 2 is 1.76 bits per heavy atom. The van der Waals surface area contributed by atoms with E-state index < -0.39 is 0 Å². The monoisotopic (exact) mass is 367 g/mol. The molecule has 0 spiro atoms. The van der Waals surface area contributed by atoms with Gasteiger partial charge in [-0.25, -0.2) is 0 Å². The van der Waals surface area contributed by atoms with Gasteiger partial charge in [0, 0.05) is 10.5 Å². The molecule has 1 atom stereocenters. The van der Waals surface area contributed by atoms with Crippen LogP contribution in [0.2, 0.25) is 0 Å². The van der Waals surface area contributed by atoms with Crippen molar-refractivity contribution in [1.82, 2.24) is 0 Å². The van der Waals surface area contributed by atoms with Crippen molar-refractivity contribution in [2.45, 2.75) is 10.9 Å². The molecule has 0 saturated heterocycles. The summed E-state index contributed by atoms with van der Waals surface area (Å²) in [5.74, 6) is 1.43. The van der Waals surface area contributed by atoms with E-state index in [1.165, 1.54) is 4.90 Å². The van der Waals surface area contributed by atoms with Crippen molar-refractivity contribution in [2.24, 2.45) is 5.73 Å². The molecule has 2 N–H and O–H groups in total. The Hall–Kier alpha value is -1.17. The molecule has 112 valence electrons. The lowest BCUT2D eigenvalue weighted by atomic mass is 9.98. The van der Waals surface area contributed by atoms with E-state index in [1.807, 2.05) is 36.6 Å². The first-order valence-corrected chi connectivity index (χ1v) is 8.44. The fourth-order valence-corrected chi connectivity index (χ4v) is 3.58. The normalized spacial score (nSPS) is 12.0. The number of benzene rings is 2. The summed E-state index contributed by atoms with van der Waals surface area (Å²) in [4.78, 5) is 1.17. The molecule has 0 fully saturated rings. The number of methoxy groups -OCH3 is 2. The van der Waals surface area contributed by atoms with Crippen LogP contribution < -0.4 is 15.2 Å². The van der Waals surface area contributed by atoms with Gasteiger partial charge in [0.05, 0.1) is 20.3 Å². The minimum atomic E-state index is -0.259. The molecule has 1 unspecified atom stereocenters. The summed E-state index contributed by atoms with van der Waals surface area (Å²) in [6.45, 7) is 0. The van der Waals surface area contributed by atoms with E-state index in [2.05, 4.69) is 22.0 Å². The van der Waals surface area contributed by atoms with Crippen LogP contribution >= 0.6 is 27.7 Å². The quantitative estimate of drug-likeness (QED) is 0.802. The number of nitrogens with two attached hydrogens (primary N) is 1. The number of rotatable bonds is 5. The fraction of sp³-hybridized carbons (Fsp3) is 0.250. The van der Waals surface area contributed by atoms with Gasteiger partial charge in [-0.05, 0) is 45.9 Å². The second-order valence-corrected chi connectivity index (χ2v) is 6.06. The molecule has 0 amide bonds. The van der Waals surface area contributed by atoms with Gasteiger partial charge in [0.25, 0.3) is 0 Å². The highest BCUT2D eigenvalue weighted by Crippen LogP contribution is 2.41. The van der Waals surface area contributed by atoms with Crippen molar-refractivity contribution in [1.29, 1.82) is 0 Å². The van der Waals surface area contributed by atoms with Crippen LogP contribution in [-0.2, 0) is 0 Å². The predicted molar refractivity (Wildman–Crippen MR) is 91.5 cm³/mol. The summed E-state index contributed by atoms with van der Waals surface area (Å²) in [5.41, 5.74) is 8.48. The Bertz CT molecular complexity index is 634. The Labute approximate surface area is 138 Å². The molecule has 21 heavy (non-hydrogen) atoms.